The molecule has 0 fully saturated rings. The molecule has 0 saturated heterocycles. The van der Waals surface area contributed by atoms with E-state index in [4.69, 9.17) is 9.84 Å². The number of ketones is 1. The van der Waals surface area contributed by atoms with Gasteiger partial charge < -0.3 is 9.84 Å². The van der Waals surface area contributed by atoms with Crippen molar-refractivity contribution >= 4 is 5.78 Å². The third kappa shape index (κ3) is 6.12. The van der Waals surface area contributed by atoms with Crippen LogP contribution in [-0.4, -0.2) is 29.7 Å². The molecule has 0 radical (unpaired) electrons. The first kappa shape index (κ1) is 17.1. The molecule has 0 rings (SSSR count). The maximum Gasteiger partial charge on any atom is 0.132 e. The lowest BCUT2D eigenvalue weighted by Crippen LogP contribution is -2.39. The van der Waals surface area contributed by atoms with Crippen molar-refractivity contribution in [1.29, 1.82) is 0 Å². The highest BCUT2D eigenvalue weighted by Gasteiger charge is 2.34. The van der Waals surface area contributed by atoms with Crippen molar-refractivity contribution in [1.82, 2.24) is 0 Å². The molecule has 0 aromatic heterocycles. The van der Waals surface area contributed by atoms with Gasteiger partial charge in [0.05, 0.1) is 18.8 Å². The molecule has 0 bridgehead atoms. The fraction of sp³-hybridized carbons (Fsp3) is 0.667. The zero-order valence-electron chi connectivity index (χ0n) is 11.7. The van der Waals surface area contributed by atoms with E-state index in [2.05, 4.69) is 13.2 Å². The third-order valence-corrected chi connectivity index (χ3v) is 3.12. The van der Waals surface area contributed by atoms with E-state index >= 15 is 0 Å². The zero-order valence-corrected chi connectivity index (χ0v) is 11.7. The van der Waals surface area contributed by atoms with Crippen molar-refractivity contribution in [2.45, 2.75) is 45.1 Å². The SMILES string of the molecule is C=CCCCC(C=C)C(C)(CC(C)=O)OCCO. The molecular formula is C15H26O3. The minimum absolute atomic E-state index is 0.0377. The van der Waals surface area contributed by atoms with Crippen molar-refractivity contribution in [2.24, 2.45) is 5.92 Å². The van der Waals surface area contributed by atoms with Crippen molar-refractivity contribution in [2.75, 3.05) is 13.2 Å². The van der Waals surface area contributed by atoms with Crippen LogP contribution in [0.25, 0.3) is 0 Å². The average Bonchev–Trinajstić information content (AvgIpc) is 2.31. The lowest BCUT2D eigenvalue weighted by atomic mass is 9.81. The summed E-state index contributed by atoms with van der Waals surface area (Å²) in [6, 6.07) is 0. The molecule has 0 aromatic rings. The predicted octanol–water partition coefficient (Wildman–Crippen LogP) is 2.89. The van der Waals surface area contributed by atoms with E-state index < -0.39 is 5.60 Å². The van der Waals surface area contributed by atoms with Gasteiger partial charge in [0.2, 0.25) is 0 Å². The zero-order chi connectivity index (χ0) is 14.0. The minimum atomic E-state index is -0.572. The van der Waals surface area contributed by atoms with Gasteiger partial charge in [-0.15, -0.1) is 13.2 Å². The van der Waals surface area contributed by atoms with Gasteiger partial charge in [-0.3, -0.25) is 4.79 Å². The molecule has 0 spiro atoms. The summed E-state index contributed by atoms with van der Waals surface area (Å²) in [5.41, 5.74) is -0.572. The minimum Gasteiger partial charge on any atom is -0.394 e. The Kier molecular flexibility index (Phi) is 8.59. The number of Topliss-reactive ketones (excluding diaryl/α,β-unsaturated/α-hetero) is 1. The quantitative estimate of drug-likeness (QED) is 0.455. The van der Waals surface area contributed by atoms with Crippen LogP contribution in [0.2, 0.25) is 0 Å². The fourth-order valence-corrected chi connectivity index (χ4v) is 2.22. The molecule has 2 unspecified atom stereocenters. The van der Waals surface area contributed by atoms with Gasteiger partial charge in [-0.05, 0) is 33.1 Å². The summed E-state index contributed by atoms with van der Waals surface area (Å²) >= 11 is 0. The fourth-order valence-electron chi connectivity index (χ4n) is 2.22. The maximum atomic E-state index is 11.4. The number of rotatable bonds is 11. The lowest BCUT2D eigenvalue weighted by molar-refractivity contribution is -0.129. The molecule has 3 nitrogen and oxygen atoms in total. The number of carbonyl (C=O) groups excluding carboxylic acids is 1. The summed E-state index contributed by atoms with van der Waals surface area (Å²) in [6.07, 6.45) is 6.93. The molecule has 0 saturated carbocycles. The van der Waals surface area contributed by atoms with Crippen molar-refractivity contribution < 1.29 is 14.6 Å². The number of hydrogen-bond acceptors (Lipinski definition) is 3. The number of aliphatic hydroxyl groups is 1. The number of carbonyl (C=O) groups is 1. The van der Waals surface area contributed by atoms with E-state index in [1.54, 1.807) is 6.92 Å². The molecule has 0 aromatic carbocycles. The maximum absolute atomic E-state index is 11.4. The summed E-state index contributed by atoms with van der Waals surface area (Å²) in [7, 11) is 0. The van der Waals surface area contributed by atoms with Crippen LogP contribution in [0.1, 0.15) is 39.5 Å². The van der Waals surface area contributed by atoms with Gasteiger partial charge in [-0.1, -0.05) is 12.2 Å². The molecular weight excluding hydrogens is 228 g/mol. The number of hydrogen-bond donors (Lipinski definition) is 1. The van der Waals surface area contributed by atoms with Crippen molar-refractivity contribution in [3.8, 4) is 0 Å². The largest absolute Gasteiger partial charge is 0.394 e. The van der Waals surface area contributed by atoms with Crippen molar-refractivity contribution in [3.63, 3.8) is 0 Å². The first-order valence-corrected chi connectivity index (χ1v) is 6.48. The normalized spacial score (nSPS) is 15.7. The van der Waals surface area contributed by atoms with Gasteiger partial charge >= 0.3 is 0 Å². The Labute approximate surface area is 111 Å². The first-order valence-electron chi connectivity index (χ1n) is 6.48. The van der Waals surface area contributed by atoms with E-state index in [-0.39, 0.29) is 24.9 Å². The molecule has 3 heteroatoms. The second kappa shape index (κ2) is 9.06. The summed E-state index contributed by atoms with van der Waals surface area (Å²) in [5.74, 6) is 0.193. The predicted molar refractivity (Wildman–Crippen MR) is 74.5 cm³/mol. The van der Waals surface area contributed by atoms with Gasteiger partial charge in [-0.2, -0.15) is 0 Å². The van der Waals surface area contributed by atoms with Crippen LogP contribution >= 0.6 is 0 Å². The topological polar surface area (TPSA) is 46.5 Å². The summed E-state index contributed by atoms with van der Waals surface area (Å²) in [6.45, 7) is 11.2. The van der Waals surface area contributed by atoms with E-state index in [0.717, 1.165) is 19.3 Å². The van der Waals surface area contributed by atoms with Crippen LogP contribution < -0.4 is 0 Å². The molecule has 2 atom stereocenters. The smallest absolute Gasteiger partial charge is 0.132 e. The Morgan fingerprint density at radius 3 is 2.61 bits per heavy atom. The van der Waals surface area contributed by atoms with Crippen molar-refractivity contribution in [3.05, 3.63) is 25.3 Å². The summed E-state index contributed by atoms with van der Waals surface area (Å²) in [5, 5.41) is 8.88. The van der Waals surface area contributed by atoms with Crippen LogP contribution in [0.5, 0.6) is 0 Å². The van der Waals surface area contributed by atoms with Gasteiger partial charge in [0, 0.05) is 12.3 Å². The standard InChI is InChI=1S/C15H26O3/c1-5-7-8-9-14(6-2)15(4,12-13(3)17)18-11-10-16/h5-6,14,16H,1-2,7-12H2,3-4H3. The van der Waals surface area contributed by atoms with E-state index in [1.807, 2.05) is 19.1 Å². The van der Waals surface area contributed by atoms with Crippen LogP contribution in [0.3, 0.4) is 0 Å². The summed E-state index contributed by atoms with van der Waals surface area (Å²) < 4.78 is 5.71. The van der Waals surface area contributed by atoms with Crippen LogP contribution in [0.15, 0.2) is 25.3 Å². The molecule has 104 valence electrons. The van der Waals surface area contributed by atoms with Gasteiger partial charge in [0.25, 0.3) is 0 Å². The second-order valence-corrected chi connectivity index (χ2v) is 4.83. The molecule has 0 aliphatic carbocycles. The number of unbranched alkanes of at least 4 members (excludes halogenated alkanes) is 1. The third-order valence-electron chi connectivity index (χ3n) is 3.12. The number of allylic oxidation sites excluding steroid dienone is 1. The molecule has 0 amide bonds. The molecule has 1 N–H and O–H groups in total. The average molecular weight is 254 g/mol. The molecule has 0 aliphatic rings. The summed E-state index contributed by atoms with van der Waals surface area (Å²) in [4.78, 5) is 11.4. The molecule has 0 aliphatic heterocycles. The van der Waals surface area contributed by atoms with Gasteiger partial charge in [-0.25, -0.2) is 0 Å². The Morgan fingerprint density at radius 2 is 2.17 bits per heavy atom. The van der Waals surface area contributed by atoms with Crippen LogP contribution in [-0.2, 0) is 9.53 Å². The monoisotopic (exact) mass is 254 g/mol. The Balaban J connectivity index is 4.69. The highest BCUT2D eigenvalue weighted by atomic mass is 16.5. The van der Waals surface area contributed by atoms with E-state index in [1.165, 1.54) is 0 Å². The van der Waals surface area contributed by atoms with E-state index in [9.17, 15) is 4.79 Å². The Hall–Kier alpha value is -0.930. The second-order valence-electron chi connectivity index (χ2n) is 4.83. The van der Waals surface area contributed by atoms with Crippen LogP contribution in [0, 0.1) is 5.92 Å². The molecule has 18 heavy (non-hydrogen) atoms. The molecule has 0 heterocycles. The van der Waals surface area contributed by atoms with Gasteiger partial charge in [0.15, 0.2) is 0 Å². The van der Waals surface area contributed by atoms with Crippen LogP contribution in [0.4, 0.5) is 0 Å². The Bertz CT molecular complexity index is 273. The lowest BCUT2D eigenvalue weighted by Gasteiger charge is -2.35. The number of ether oxygens (including phenoxy) is 1. The first-order chi connectivity index (χ1) is 8.50. The highest BCUT2D eigenvalue weighted by molar-refractivity contribution is 5.76. The Morgan fingerprint density at radius 1 is 1.50 bits per heavy atom. The van der Waals surface area contributed by atoms with Gasteiger partial charge in [0.1, 0.15) is 5.78 Å². The number of aliphatic hydroxyl groups excluding tert-OH is 1. The highest BCUT2D eigenvalue weighted by Crippen LogP contribution is 2.31. The van der Waals surface area contributed by atoms with E-state index in [0.29, 0.717) is 6.42 Å².